The third kappa shape index (κ3) is 3.12. The molecule has 0 amide bonds. The Balaban J connectivity index is 0.000000140. The molecular formula is C19H16O3S. The summed E-state index contributed by atoms with van der Waals surface area (Å²) in [5.41, 5.74) is 1.31. The molecule has 0 aliphatic carbocycles. The maximum Gasteiger partial charge on any atom is 0.372 e. The van der Waals surface area contributed by atoms with Gasteiger partial charge in [-0.1, -0.05) is 36.4 Å². The number of thiophene rings is 1. The van der Waals surface area contributed by atoms with E-state index in [9.17, 15) is 4.79 Å². The van der Waals surface area contributed by atoms with Crippen LogP contribution in [0.15, 0.2) is 59.0 Å². The minimum absolute atomic E-state index is 0.0289. The smallest absolute Gasteiger partial charge is 0.372 e. The minimum Gasteiger partial charge on any atom is -0.475 e. The zero-order valence-electron chi connectivity index (χ0n) is 12.9. The molecule has 0 saturated heterocycles. The van der Waals surface area contributed by atoms with E-state index in [1.54, 1.807) is 13.0 Å². The SMILES string of the molecule is Cc1c(C(=O)O)oc2ccccc12.Cc1cc2ccccc2s1. The molecular weight excluding hydrogens is 308 g/mol. The predicted molar refractivity (Wildman–Crippen MR) is 94.5 cm³/mol. The van der Waals surface area contributed by atoms with Crippen LogP contribution in [0.25, 0.3) is 21.1 Å². The van der Waals surface area contributed by atoms with E-state index in [0.717, 1.165) is 5.39 Å². The molecule has 0 saturated carbocycles. The maximum atomic E-state index is 10.7. The zero-order chi connectivity index (χ0) is 16.4. The van der Waals surface area contributed by atoms with Gasteiger partial charge in [0.15, 0.2) is 0 Å². The van der Waals surface area contributed by atoms with Gasteiger partial charge >= 0.3 is 5.97 Å². The Hall–Kier alpha value is -2.59. The summed E-state index contributed by atoms with van der Waals surface area (Å²) in [6.45, 7) is 3.89. The van der Waals surface area contributed by atoms with Crippen molar-refractivity contribution >= 4 is 38.4 Å². The van der Waals surface area contributed by atoms with Crippen LogP contribution < -0.4 is 0 Å². The number of furan rings is 1. The molecule has 1 N–H and O–H groups in total. The number of carboxylic acid groups (broad SMARTS) is 1. The molecule has 0 fully saturated rings. The van der Waals surface area contributed by atoms with Gasteiger partial charge in [-0.3, -0.25) is 0 Å². The third-order valence-corrected chi connectivity index (χ3v) is 4.62. The summed E-state index contributed by atoms with van der Waals surface area (Å²) in [6, 6.07) is 18.0. The van der Waals surface area contributed by atoms with Crippen molar-refractivity contribution in [2.75, 3.05) is 0 Å². The number of rotatable bonds is 1. The van der Waals surface area contributed by atoms with Crippen molar-refractivity contribution < 1.29 is 14.3 Å². The fraction of sp³-hybridized carbons (Fsp3) is 0.105. The second-order valence-corrected chi connectivity index (χ2v) is 6.54. The van der Waals surface area contributed by atoms with E-state index in [1.807, 2.05) is 29.5 Å². The summed E-state index contributed by atoms with van der Waals surface area (Å²) in [5, 5.41) is 11.0. The lowest BCUT2D eigenvalue weighted by molar-refractivity contribution is 0.0664. The second kappa shape index (κ2) is 6.26. The van der Waals surface area contributed by atoms with Crippen LogP contribution >= 0.6 is 11.3 Å². The number of hydrogen-bond donors (Lipinski definition) is 1. The lowest BCUT2D eigenvalue weighted by Crippen LogP contribution is -1.94. The highest BCUT2D eigenvalue weighted by atomic mass is 32.1. The Morgan fingerprint density at radius 3 is 2.43 bits per heavy atom. The van der Waals surface area contributed by atoms with Crippen molar-refractivity contribution in [3.8, 4) is 0 Å². The summed E-state index contributed by atoms with van der Waals surface area (Å²) in [7, 11) is 0. The van der Waals surface area contributed by atoms with E-state index in [0.29, 0.717) is 11.1 Å². The van der Waals surface area contributed by atoms with Crippen LogP contribution in [0.1, 0.15) is 21.0 Å². The van der Waals surface area contributed by atoms with Crippen molar-refractivity contribution in [2.45, 2.75) is 13.8 Å². The van der Waals surface area contributed by atoms with E-state index >= 15 is 0 Å². The van der Waals surface area contributed by atoms with E-state index in [-0.39, 0.29) is 5.76 Å². The van der Waals surface area contributed by atoms with Crippen LogP contribution in [0.3, 0.4) is 0 Å². The normalized spacial score (nSPS) is 10.5. The lowest BCUT2D eigenvalue weighted by atomic mass is 10.1. The molecule has 0 bridgehead atoms. The van der Waals surface area contributed by atoms with Gasteiger partial charge in [-0.25, -0.2) is 4.79 Å². The van der Waals surface area contributed by atoms with Crippen LogP contribution in [-0.2, 0) is 0 Å². The Bertz CT molecular complexity index is 946. The largest absolute Gasteiger partial charge is 0.475 e. The highest BCUT2D eigenvalue weighted by Gasteiger charge is 2.15. The molecule has 23 heavy (non-hydrogen) atoms. The summed E-state index contributed by atoms with van der Waals surface area (Å²) in [6.07, 6.45) is 0. The fourth-order valence-corrected chi connectivity index (χ4v) is 3.42. The molecule has 0 radical (unpaired) electrons. The van der Waals surface area contributed by atoms with Crippen LogP contribution in [0.5, 0.6) is 0 Å². The Morgan fingerprint density at radius 1 is 1.04 bits per heavy atom. The number of aryl methyl sites for hydroxylation is 2. The van der Waals surface area contributed by atoms with Gasteiger partial charge in [-0.15, -0.1) is 11.3 Å². The lowest BCUT2D eigenvalue weighted by Gasteiger charge is -1.87. The molecule has 0 aliphatic heterocycles. The van der Waals surface area contributed by atoms with Gasteiger partial charge in [0, 0.05) is 20.5 Å². The standard InChI is InChI=1S/C10H8O3.C9H8S/c1-6-7-4-2-3-5-8(7)13-9(6)10(11)12;1-7-6-8-4-2-3-5-9(8)10-7/h2-5H,1H3,(H,11,12);2-6H,1H3. The van der Waals surface area contributed by atoms with Crippen molar-refractivity contribution in [3.05, 3.63) is 70.8 Å². The first kappa shape index (κ1) is 15.3. The number of aromatic carboxylic acids is 1. The average Bonchev–Trinajstić information content (AvgIpc) is 3.08. The fourth-order valence-electron chi connectivity index (χ4n) is 2.49. The summed E-state index contributed by atoms with van der Waals surface area (Å²) in [5.74, 6) is -0.991. The van der Waals surface area contributed by atoms with E-state index in [2.05, 4.69) is 37.3 Å². The number of carboxylic acids is 1. The minimum atomic E-state index is -1.02. The van der Waals surface area contributed by atoms with Gasteiger partial charge < -0.3 is 9.52 Å². The van der Waals surface area contributed by atoms with Gasteiger partial charge in [-0.05, 0) is 37.4 Å². The van der Waals surface area contributed by atoms with Gasteiger partial charge in [0.1, 0.15) is 5.58 Å². The summed E-state index contributed by atoms with van der Waals surface area (Å²) in [4.78, 5) is 12.1. The molecule has 0 aliphatic rings. The highest BCUT2D eigenvalue weighted by Crippen LogP contribution is 2.25. The molecule has 116 valence electrons. The molecule has 4 heteroatoms. The number of carbonyl (C=O) groups is 1. The Morgan fingerprint density at radius 2 is 1.74 bits per heavy atom. The van der Waals surface area contributed by atoms with Crippen molar-refractivity contribution in [1.82, 2.24) is 0 Å². The molecule has 0 spiro atoms. The zero-order valence-corrected chi connectivity index (χ0v) is 13.7. The summed E-state index contributed by atoms with van der Waals surface area (Å²) < 4.78 is 6.55. The second-order valence-electron chi connectivity index (χ2n) is 5.25. The first-order valence-electron chi connectivity index (χ1n) is 7.23. The molecule has 0 atom stereocenters. The number of para-hydroxylation sites is 1. The van der Waals surface area contributed by atoms with Crippen molar-refractivity contribution in [3.63, 3.8) is 0 Å². The average molecular weight is 324 g/mol. The quantitative estimate of drug-likeness (QED) is 0.492. The Labute approximate surface area is 137 Å². The molecule has 4 rings (SSSR count). The molecule has 3 nitrogen and oxygen atoms in total. The topological polar surface area (TPSA) is 50.4 Å². The van der Waals surface area contributed by atoms with Crippen LogP contribution in [0.2, 0.25) is 0 Å². The van der Waals surface area contributed by atoms with Gasteiger partial charge in [-0.2, -0.15) is 0 Å². The number of fused-ring (bicyclic) bond motifs is 2. The highest BCUT2D eigenvalue weighted by molar-refractivity contribution is 7.19. The van der Waals surface area contributed by atoms with Crippen molar-refractivity contribution in [2.24, 2.45) is 0 Å². The third-order valence-electron chi connectivity index (χ3n) is 3.59. The van der Waals surface area contributed by atoms with E-state index < -0.39 is 5.97 Å². The van der Waals surface area contributed by atoms with E-state index in [1.165, 1.54) is 15.0 Å². The van der Waals surface area contributed by atoms with E-state index in [4.69, 9.17) is 9.52 Å². The van der Waals surface area contributed by atoms with Gasteiger partial charge in [0.25, 0.3) is 0 Å². The van der Waals surface area contributed by atoms with Crippen LogP contribution in [0.4, 0.5) is 0 Å². The summed E-state index contributed by atoms with van der Waals surface area (Å²) >= 11 is 1.85. The maximum absolute atomic E-state index is 10.7. The van der Waals surface area contributed by atoms with Crippen LogP contribution in [0, 0.1) is 13.8 Å². The van der Waals surface area contributed by atoms with Crippen molar-refractivity contribution in [1.29, 1.82) is 0 Å². The predicted octanol–water partition coefficient (Wildman–Crippen LogP) is 5.65. The van der Waals surface area contributed by atoms with Gasteiger partial charge in [0.2, 0.25) is 5.76 Å². The molecule has 2 aromatic carbocycles. The molecule has 0 unspecified atom stereocenters. The number of hydrogen-bond acceptors (Lipinski definition) is 3. The molecule has 2 aromatic heterocycles. The van der Waals surface area contributed by atoms with Crippen LogP contribution in [-0.4, -0.2) is 11.1 Å². The first-order chi connectivity index (χ1) is 11.1. The number of benzene rings is 2. The van der Waals surface area contributed by atoms with Gasteiger partial charge in [0.05, 0.1) is 0 Å². The Kier molecular flexibility index (Phi) is 4.17. The molecule has 4 aromatic rings. The first-order valence-corrected chi connectivity index (χ1v) is 8.04. The monoisotopic (exact) mass is 324 g/mol. The molecule has 2 heterocycles.